The number of thiophene rings is 1. The molecule has 6 heteroatoms. The number of nitrogens with one attached hydrogen (secondary N) is 1. The fourth-order valence-electron chi connectivity index (χ4n) is 3.79. The van der Waals surface area contributed by atoms with Crippen molar-refractivity contribution in [3.05, 3.63) is 82.0 Å². The lowest BCUT2D eigenvalue weighted by atomic mass is 9.97. The van der Waals surface area contributed by atoms with Gasteiger partial charge in [0.25, 0.3) is 0 Å². The van der Waals surface area contributed by atoms with E-state index in [1.54, 1.807) is 40.5 Å². The highest BCUT2D eigenvalue weighted by molar-refractivity contribution is 7.10. The van der Waals surface area contributed by atoms with Crippen molar-refractivity contribution in [2.75, 3.05) is 10.2 Å². The van der Waals surface area contributed by atoms with E-state index in [1.165, 1.54) is 6.92 Å². The van der Waals surface area contributed by atoms with Crippen molar-refractivity contribution in [2.45, 2.75) is 26.3 Å². The first-order chi connectivity index (χ1) is 14.4. The normalized spacial score (nSPS) is 18.5. The zero-order valence-corrected chi connectivity index (χ0v) is 17.6. The molecule has 2 amide bonds. The summed E-state index contributed by atoms with van der Waals surface area (Å²) in [7, 11) is 0. The molecule has 0 radical (unpaired) electrons. The number of amides is 2. The van der Waals surface area contributed by atoms with E-state index in [-0.39, 0.29) is 30.1 Å². The van der Waals surface area contributed by atoms with Gasteiger partial charge in [-0.25, -0.2) is 0 Å². The number of rotatable bonds is 5. The number of hydrogen-bond donors (Lipinski definition) is 1. The largest absolute Gasteiger partial charge is 0.326 e. The number of Topliss-reactive ketones (excluding diaryl/α,β-unsaturated/α-hetero) is 1. The Bertz CT molecular complexity index is 1070. The van der Waals surface area contributed by atoms with Crippen LogP contribution in [0.5, 0.6) is 0 Å². The minimum atomic E-state index is -0.509. The van der Waals surface area contributed by atoms with Gasteiger partial charge in [0, 0.05) is 28.2 Å². The van der Waals surface area contributed by atoms with Crippen LogP contribution in [0.15, 0.2) is 66.0 Å². The molecule has 2 atom stereocenters. The van der Waals surface area contributed by atoms with Crippen molar-refractivity contribution in [1.29, 1.82) is 0 Å². The molecule has 0 aliphatic carbocycles. The van der Waals surface area contributed by atoms with Gasteiger partial charge in [-0.1, -0.05) is 23.8 Å². The molecule has 0 spiro atoms. The van der Waals surface area contributed by atoms with E-state index in [9.17, 15) is 14.4 Å². The molecule has 4 rings (SSSR count). The van der Waals surface area contributed by atoms with Crippen LogP contribution in [0.3, 0.4) is 0 Å². The first-order valence-electron chi connectivity index (χ1n) is 9.78. The second-order valence-electron chi connectivity index (χ2n) is 7.49. The van der Waals surface area contributed by atoms with Crippen molar-refractivity contribution in [1.82, 2.24) is 0 Å². The number of ketones is 1. The Morgan fingerprint density at radius 3 is 2.33 bits per heavy atom. The molecule has 0 saturated carbocycles. The fourth-order valence-corrected chi connectivity index (χ4v) is 4.67. The van der Waals surface area contributed by atoms with E-state index in [0.29, 0.717) is 11.3 Å². The van der Waals surface area contributed by atoms with Crippen molar-refractivity contribution < 1.29 is 14.4 Å². The molecule has 1 saturated heterocycles. The summed E-state index contributed by atoms with van der Waals surface area (Å²) < 4.78 is 0. The Balaban J connectivity index is 1.62. The third-order valence-corrected chi connectivity index (χ3v) is 6.31. The highest BCUT2D eigenvalue weighted by Gasteiger charge is 2.45. The highest BCUT2D eigenvalue weighted by atomic mass is 32.1. The first-order valence-corrected chi connectivity index (χ1v) is 10.7. The summed E-state index contributed by atoms with van der Waals surface area (Å²) in [6, 6.07) is 18.1. The second kappa shape index (κ2) is 8.24. The molecule has 3 aromatic rings. The second-order valence-corrected chi connectivity index (χ2v) is 8.47. The van der Waals surface area contributed by atoms with Crippen molar-refractivity contribution in [3.63, 3.8) is 0 Å². The molecule has 2 unspecified atom stereocenters. The highest BCUT2D eigenvalue weighted by Crippen LogP contribution is 2.43. The standard InChI is InChI=1S/C24H22N2O3S/c1-15-5-11-19(12-6-15)26-22(28)14-20(23(26)21-4-3-13-30-21)24(29)25-18-9-7-17(8-10-18)16(2)27/h3-13,20,23H,14H2,1-2H3,(H,25,29). The number of carbonyl (C=O) groups excluding carboxylic acids is 3. The van der Waals surface area contributed by atoms with Crippen LogP contribution in [0.2, 0.25) is 0 Å². The summed E-state index contributed by atoms with van der Waals surface area (Å²) in [5.41, 5.74) is 3.11. The molecular weight excluding hydrogens is 396 g/mol. The summed E-state index contributed by atoms with van der Waals surface area (Å²) in [6.07, 6.45) is 0.147. The van der Waals surface area contributed by atoms with Crippen LogP contribution in [-0.2, 0) is 9.59 Å². The Kier molecular flexibility index (Phi) is 5.50. The topological polar surface area (TPSA) is 66.5 Å². The third kappa shape index (κ3) is 3.91. The summed E-state index contributed by atoms with van der Waals surface area (Å²) in [4.78, 5) is 40.3. The number of benzene rings is 2. The lowest BCUT2D eigenvalue weighted by Crippen LogP contribution is -2.32. The molecule has 1 aliphatic rings. The third-order valence-electron chi connectivity index (χ3n) is 5.37. The Labute approximate surface area is 179 Å². The maximum atomic E-state index is 13.2. The Morgan fingerprint density at radius 1 is 1.03 bits per heavy atom. The van der Waals surface area contributed by atoms with E-state index >= 15 is 0 Å². The van der Waals surface area contributed by atoms with E-state index in [2.05, 4.69) is 5.32 Å². The summed E-state index contributed by atoms with van der Waals surface area (Å²) in [5, 5.41) is 4.88. The maximum Gasteiger partial charge on any atom is 0.230 e. The average molecular weight is 419 g/mol. The van der Waals surface area contributed by atoms with Crippen LogP contribution in [0.25, 0.3) is 0 Å². The molecular formula is C24H22N2O3S. The van der Waals surface area contributed by atoms with Crippen molar-refractivity contribution in [2.24, 2.45) is 5.92 Å². The van der Waals surface area contributed by atoms with Crippen LogP contribution in [0.4, 0.5) is 11.4 Å². The van der Waals surface area contributed by atoms with E-state index in [4.69, 9.17) is 0 Å². The lowest BCUT2D eigenvalue weighted by molar-refractivity contribution is -0.122. The molecule has 2 heterocycles. The van der Waals surface area contributed by atoms with Crippen molar-refractivity contribution in [3.8, 4) is 0 Å². The van der Waals surface area contributed by atoms with Crippen molar-refractivity contribution >= 4 is 40.3 Å². The predicted molar refractivity (Wildman–Crippen MR) is 119 cm³/mol. The molecule has 30 heavy (non-hydrogen) atoms. The van der Waals surface area contributed by atoms with E-state index in [0.717, 1.165) is 16.1 Å². The van der Waals surface area contributed by atoms with Gasteiger partial charge in [0.05, 0.1) is 12.0 Å². The molecule has 1 fully saturated rings. The van der Waals surface area contributed by atoms with Gasteiger partial charge in [0.1, 0.15) is 0 Å². The number of hydrogen-bond acceptors (Lipinski definition) is 4. The van der Waals surface area contributed by atoms with Gasteiger partial charge in [-0.15, -0.1) is 11.3 Å². The number of carbonyl (C=O) groups is 3. The quantitative estimate of drug-likeness (QED) is 0.594. The molecule has 1 aromatic heterocycles. The number of aryl methyl sites for hydroxylation is 1. The smallest absolute Gasteiger partial charge is 0.230 e. The van der Waals surface area contributed by atoms with Gasteiger partial charge < -0.3 is 10.2 Å². The molecule has 152 valence electrons. The van der Waals surface area contributed by atoms with Gasteiger partial charge in [-0.3, -0.25) is 14.4 Å². The predicted octanol–water partition coefficient (Wildman–Crippen LogP) is 4.99. The maximum absolute atomic E-state index is 13.2. The van der Waals surface area contributed by atoms with E-state index < -0.39 is 5.92 Å². The molecule has 1 aliphatic heterocycles. The van der Waals surface area contributed by atoms with E-state index in [1.807, 2.05) is 48.7 Å². The SMILES string of the molecule is CC(=O)c1ccc(NC(=O)C2CC(=O)N(c3ccc(C)cc3)C2c2cccs2)cc1. The van der Waals surface area contributed by atoms with Crippen LogP contribution in [0.1, 0.15) is 40.2 Å². The number of nitrogens with zero attached hydrogens (tertiary/aromatic N) is 1. The Morgan fingerprint density at radius 2 is 1.73 bits per heavy atom. The minimum absolute atomic E-state index is 0.0271. The fraction of sp³-hybridized carbons (Fsp3) is 0.208. The zero-order valence-electron chi connectivity index (χ0n) is 16.8. The first kappa shape index (κ1) is 20.0. The van der Waals surface area contributed by atoms with Crippen LogP contribution >= 0.6 is 11.3 Å². The summed E-state index contributed by atoms with van der Waals surface area (Å²) in [6.45, 7) is 3.50. The zero-order chi connectivity index (χ0) is 21.3. The molecule has 1 N–H and O–H groups in total. The van der Waals surface area contributed by atoms with Crippen LogP contribution in [-0.4, -0.2) is 17.6 Å². The van der Waals surface area contributed by atoms with Crippen LogP contribution in [0, 0.1) is 12.8 Å². The lowest BCUT2D eigenvalue weighted by Gasteiger charge is -2.27. The van der Waals surface area contributed by atoms with Gasteiger partial charge in [-0.2, -0.15) is 0 Å². The minimum Gasteiger partial charge on any atom is -0.326 e. The Hall–Kier alpha value is -3.25. The molecule has 5 nitrogen and oxygen atoms in total. The number of anilines is 2. The monoisotopic (exact) mass is 418 g/mol. The molecule has 0 bridgehead atoms. The van der Waals surface area contributed by atoms with Gasteiger partial charge in [0.15, 0.2) is 5.78 Å². The summed E-state index contributed by atoms with van der Waals surface area (Å²) in [5.74, 6) is -0.804. The molecule has 2 aromatic carbocycles. The van der Waals surface area contributed by atoms with Crippen LogP contribution < -0.4 is 10.2 Å². The van der Waals surface area contributed by atoms with Gasteiger partial charge in [0.2, 0.25) is 11.8 Å². The average Bonchev–Trinajstić information content (AvgIpc) is 3.37. The van der Waals surface area contributed by atoms with Gasteiger partial charge >= 0.3 is 0 Å². The van der Waals surface area contributed by atoms with Gasteiger partial charge in [-0.05, 0) is 61.7 Å². The summed E-state index contributed by atoms with van der Waals surface area (Å²) >= 11 is 1.55.